The number of methoxy groups -OCH3 is 1. The van der Waals surface area contributed by atoms with Crippen molar-refractivity contribution in [3.8, 4) is 0 Å². The van der Waals surface area contributed by atoms with Crippen LogP contribution in [0, 0.1) is 0 Å². The van der Waals surface area contributed by atoms with Crippen LogP contribution in [0.1, 0.15) is 20.3 Å². The molecule has 78 valence electrons. The lowest BCUT2D eigenvalue weighted by Crippen LogP contribution is -2.31. The molecule has 0 radical (unpaired) electrons. The highest BCUT2D eigenvalue weighted by molar-refractivity contribution is 5.69. The van der Waals surface area contributed by atoms with E-state index in [9.17, 15) is 4.79 Å². The highest BCUT2D eigenvalue weighted by atomic mass is 16.5. The zero-order chi connectivity index (χ0) is 10.1. The van der Waals surface area contributed by atoms with Crippen molar-refractivity contribution in [3.05, 3.63) is 0 Å². The predicted molar refractivity (Wildman–Crippen MR) is 50.6 cm³/mol. The Balaban J connectivity index is 3.38. The minimum atomic E-state index is -0.153. The molecule has 0 aromatic carbocycles. The molecule has 0 spiro atoms. The Bertz CT molecular complexity index is 139. The maximum absolute atomic E-state index is 11.0. The number of carbonyl (C=O) groups is 1. The summed E-state index contributed by atoms with van der Waals surface area (Å²) in [7, 11) is 1.65. The minimum absolute atomic E-state index is 0.147. The van der Waals surface area contributed by atoms with E-state index in [1.54, 1.807) is 14.0 Å². The van der Waals surface area contributed by atoms with Gasteiger partial charge in [-0.05, 0) is 13.8 Å². The third-order valence-electron chi connectivity index (χ3n) is 1.58. The lowest BCUT2D eigenvalue weighted by molar-refractivity contribution is -0.143. The van der Waals surface area contributed by atoms with Crippen molar-refractivity contribution in [2.75, 3.05) is 26.9 Å². The predicted octanol–water partition coefficient (Wildman–Crippen LogP) is 0.564. The van der Waals surface area contributed by atoms with Gasteiger partial charge in [-0.2, -0.15) is 0 Å². The fraction of sp³-hybridized carbons (Fsp3) is 0.889. The van der Waals surface area contributed by atoms with Gasteiger partial charge in [-0.25, -0.2) is 0 Å². The molecular weight excluding hydrogens is 170 g/mol. The summed E-state index contributed by atoms with van der Waals surface area (Å²) < 4.78 is 9.67. The van der Waals surface area contributed by atoms with Crippen LogP contribution < -0.4 is 5.32 Å². The molecule has 0 bridgehead atoms. The quantitative estimate of drug-likeness (QED) is 0.469. The largest absolute Gasteiger partial charge is 0.466 e. The first kappa shape index (κ1) is 12.4. The van der Waals surface area contributed by atoms with E-state index in [4.69, 9.17) is 9.47 Å². The van der Waals surface area contributed by atoms with Gasteiger partial charge in [0.05, 0.1) is 19.6 Å². The third-order valence-corrected chi connectivity index (χ3v) is 1.58. The Hall–Kier alpha value is -0.610. The van der Waals surface area contributed by atoms with Gasteiger partial charge in [0.1, 0.15) is 0 Å². The summed E-state index contributed by atoms with van der Waals surface area (Å²) in [6, 6.07) is 0.147. The lowest BCUT2D eigenvalue weighted by Gasteiger charge is -2.12. The second-order valence-corrected chi connectivity index (χ2v) is 2.86. The first-order valence-corrected chi connectivity index (χ1v) is 4.58. The van der Waals surface area contributed by atoms with Crippen molar-refractivity contribution in [1.82, 2.24) is 5.32 Å². The average molecular weight is 189 g/mol. The van der Waals surface area contributed by atoms with Gasteiger partial charge in [-0.3, -0.25) is 4.79 Å². The number of carbonyl (C=O) groups excluding carboxylic acids is 1. The van der Waals surface area contributed by atoms with Crippen molar-refractivity contribution < 1.29 is 14.3 Å². The Morgan fingerprint density at radius 1 is 1.54 bits per heavy atom. The molecule has 0 saturated carbocycles. The van der Waals surface area contributed by atoms with Crippen LogP contribution in [0.2, 0.25) is 0 Å². The van der Waals surface area contributed by atoms with Gasteiger partial charge >= 0.3 is 5.97 Å². The normalized spacial score (nSPS) is 12.5. The summed E-state index contributed by atoms with van der Waals surface area (Å²) in [6.45, 7) is 5.63. The van der Waals surface area contributed by atoms with Crippen LogP contribution in [0.3, 0.4) is 0 Å². The van der Waals surface area contributed by atoms with E-state index in [1.165, 1.54) is 0 Å². The van der Waals surface area contributed by atoms with Gasteiger partial charge in [0.2, 0.25) is 0 Å². The molecule has 0 rings (SSSR count). The summed E-state index contributed by atoms with van der Waals surface area (Å²) in [4.78, 5) is 11.0. The van der Waals surface area contributed by atoms with Crippen molar-refractivity contribution in [3.63, 3.8) is 0 Å². The molecule has 13 heavy (non-hydrogen) atoms. The SMILES string of the molecule is CCOC(=O)CC(C)NCCOC. The topological polar surface area (TPSA) is 47.6 Å². The van der Waals surface area contributed by atoms with E-state index in [1.807, 2.05) is 6.92 Å². The Morgan fingerprint density at radius 2 is 2.23 bits per heavy atom. The molecular formula is C9H19NO3. The van der Waals surface area contributed by atoms with Crippen LogP contribution in [-0.2, 0) is 14.3 Å². The highest BCUT2D eigenvalue weighted by Gasteiger charge is 2.08. The highest BCUT2D eigenvalue weighted by Crippen LogP contribution is 1.93. The van der Waals surface area contributed by atoms with E-state index in [0.717, 1.165) is 6.54 Å². The summed E-state index contributed by atoms with van der Waals surface area (Å²) in [5.41, 5.74) is 0. The van der Waals surface area contributed by atoms with Gasteiger partial charge in [-0.15, -0.1) is 0 Å². The molecule has 1 unspecified atom stereocenters. The zero-order valence-electron chi connectivity index (χ0n) is 8.63. The van der Waals surface area contributed by atoms with Gasteiger partial charge in [0, 0.05) is 19.7 Å². The molecule has 0 aliphatic heterocycles. The van der Waals surface area contributed by atoms with Crippen molar-refractivity contribution in [2.45, 2.75) is 26.3 Å². The van der Waals surface area contributed by atoms with Crippen LogP contribution >= 0.6 is 0 Å². The standard InChI is InChI=1S/C9H19NO3/c1-4-13-9(11)7-8(2)10-5-6-12-3/h8,10H,4-7H2,1-3H3. The first-order chi connectivity index (χ1) is 6.20. The maximum Gasteiger partial charge on any atom is 0.307 e. The van der Waals surface area contributed by atoms with E-state index in [2.05, 4.69) is 5.32 Å². The summed E-state index contributed by atoms with van der Waals surface area (Å²) in [5.74, 6) is -0.153. The van der Waals surface area contributed by atoms with E-state index >= 15 is 0 Å². The van der Waals surface area contributed by atoms with Crippen LogP contribution in [0.4, 0.5) is 0 Å². The molecule has 0 fully saturated rings. The van der Waals surface area contributed by atoms with Gasteiger partial charge in [0.25, 0.3) is 0 Å². The van der Waals surface area contributed by atoms with Crippen LogP contribution in [0.5, 0.6) is 0 Å². The second kappa shape index (κ2) is 8.01. The number of rotatable bonds is 7. The zero-order valence-corrected chi connectivity index (χ0v) is 8.63. The maximum atomic E-state index is 11.0. The molecule has 1 atom stereocenters. The molecule has 0 aliphatic carbocycles. The van der Waals surface area contributed by atoms with Gasteiger partial charge in [-0.1, -0.05) is 0 Å². The number of esters is 1. The monoisotopic (exact) mass is 189 g/mol. The first-order valence-electron chi connectivity index (χ1n) is 4.58. The van der Waals surface area contributed by atoms with Crippen LogP contribution in [0.25, 0.3) is 0 Å². The molecule has 0 heterocycles. The number of hydrogen-bond donors (Lipinski definition) is 1. The lowest BCUT2D eigenvalue weighted by atomic mass is 10.2. The molecule has 4 heteroatoms. The molecule has 0 aromatic rings. The third kappa shape index (κ3) is 7.74. The summed E-state index contributed by atoms with van der Waals surface area (Å²) >= 11 is 0. The molecule has 0 aliphatic rings. The number of ether oxygens (including phenoxy) is 2. The number of nitrogens with one attached hydrogen (secondary N) is 1. The van der Waals surface area contributed by atoms with Gasteiger partial charge in [0.15, 0.2) is 0 Å². The second-order valence-electron chi connectivity index (χ2n) is 2.86. The minimum Gasteiger partial charge on any atom is -0.466 e. The summed E-state index contributed by atoms with van der Waals surface area (Å²) in [6.07, 6.45) is 0.414. The van der Waals surface area contributed by atoms with E-state index < -0.39 is 0 Å². The molecule has 1 N–H and O–H groups in total. The Kier molecular flexibility index (Phi) is 7.63. The van der Waals surface area contributed by atoms with E-state index in [0.29, 0.717) is 19.6 Å². The fourth-order valence-electron chi connectivity index (χ4n) is 0.949. The molecule has 0 saturated heterocycles. The molecule has 4 nitrogen and oxygen atoms in total. The Labute approximate surface area is 79.6 Å². The van der Waals surface area contributed by atoms with E-state index in [-0.39, 0.29) is 12.0 Å². The van der Waals surface area contributed by atoms with Crippen LogP contribution in [-0.4, -0.2) is 38.9 Å². The van der Waals surface area contributed by atoms with Crippen molar-refractivity contribution in [2.24, 2.45) is 0 Å². The summed E-state index contributed by atoms with van der Waals surface area (Å²) in [5, 5.41) is 3.15. The average Bonchev–Trinajstić information content (AvgIpc) is 2.05. The van der Waals surface area contributed by atoms with Crippen molar-refractivity contribution >= 4 is 5.97 Å². The van der Waals surface area contributed by atoms with Crippen molar-refractivity contribution in [1.29, 1.82) is 0 Å². The van der Waals surface area contributed by atoms with Crippen LogP contribution in [0.15, 0.2) is 0 Å². The molecule has 0 amide bonds. The fourth-order valence-corrected chi connectivity index (χ4v) is 0.949. The Morgan fingerprint density at radius 3 is 2.77 bits per heavy atom. The number of hydrogen-bond acceptors (Lipinski definition) is 4. The molecule has 0 aromatic heterocycles. The smallest absolute Gasteiger partial charge is 0.307 e. The van der Waals surface area contributed by atoms with Gasteiger partial charge < -0.3 is 14.8 Å².